The molecule has 0 N–H and O–H groups in total. The van der Waals surface area contributed by atoms with Crippen LogP contribution in [0.3, 0.4) is 0 Å². The molecule has 1 saturated heterocycles. The first-order valence-electron chi connectivity index (χ1n) is 7.02. The Morgan fingerprint density at radius 3 is 2.76 bits per heavy atom. The standard InChI is InChI=1S/C14H18N4O2S/c1-11-15-16-13(20-11)10-17-4-6-18(7-5-17)14(19)9-12-3-2-8-21-12/h2-3,8H,4-7,9-10H2,1H3. The van der Waals surface area contributed by atoms with Gasteiger partial charge >= 0.3 is 0 Å². The van der Waals surface area contributed by atoms with Crippen LogP contribution in [-0.2, 0) is 17.8 Å². The maximum atomic E-state index is 12.2. The second-order valence-corrected chi connectivity index (χ2v) is 6.16. The molecule has 3 heterocycles. The second kappa shape index (κ2) is 6.36. The summed E-state index contributed by atoms with van der Waals surface area (Å²) in [4.78, 5) is 17.5. The van der Waals surface area contributed by atoms with E-state index in [1.165, 1.54) is 0 Å². The van der Waals surface area contributed by atoms with E-state index in [0.717, 1.165) is 31.1 Å². The lowest BCUT2D eigenvalue weighted by Crippen LogP contribution is -2.48. The number of hydrogen-bond acceptors (Lipinski definition) is 6. The van der Waals surface area contributed by atoms with Gasteiger partial charge in [0.15, 0.2) is 0 Å². The van der Waals surface area contributed by atoms with E-state index in [1.54, 1.807) is 18.3 Å². The fourth-order valence-electron chi connectivity index (χ4n) is 2.42. The summed E-state index contributed by atoms with van der Waals surface area (Å²) >= 11 is 1.63. The van der Waals surface area contributed by atoms with Gasteiger partial charge < -0.3 is 9.32 Å². The number of nitrogens with zero attached hydrogens (tertiary/aromatic N) is 4. The van der Waals surface area contributed by atoms with Crippen LogP contribution in [0.4, 0.5) is 0 Å². The van der Waals surface area contributed by atoms with Gasteiger partial charge in [0, 0.05) is 38.0 Å². The number of piperazine rings is 1. The molecule has 7 heteroatoms. The van der Waals surface area contributed by atoms with Gasteiger partial charge in [0.2, 0.25) is 17.7 Å². The minimum absolute atomic E-state index is 0.214. The van der Waals surface area contributed by atoms with Gasteiger partial charge in [-0.2, -0.15) is 0 Å². The van der Waals surface area contributed by atoms with E-state index in [2.05, 4.69) is 15.1 Å². The summed E-state index contributed by atoms with van der Waals surface area (Å²) in [6.07, 6.45) is 0.514. The average Bonchev–Trinajstić information content (AvgIpc) is 3.12. The number of rotatable bonds is 4. The lowest BCUT2D eigenvalue weighted by Gasteiger charge is -2.34. The van der Waals surface area contributed by atoms with Crippen molar-refractivity contribution in [3.63, 3.8) is 0 Å². The van der Waals surface area contributed by atoms with Crippen molar-refractivity contribution >= 4 is 17.2 Å². The Balaban J connectivity index is 1.47. The minimum Gasteiger partial charge on any atom is -0.424 e. The van der Waals surface area contributed by atoms with Crippen molar-refractivity contribution in [2.24, 2.45) is 0 Å². The molecule has 0 atom stereocenters. The topological polar surface area (TPSA) is 62.5 Å². The molecular formula is C14H18N4O2S. The molecule has 0 unspecified atom stereocenters. The van der Waals surface area contributed by atoms with E-state index in [4.69, 9.17) is 4.42 Å². The number of amides is 1. The summed E-state index contributed by atoms with van der Waals surface area (Å²) in [7, 11) is 0. The highest BCUT2D eigenvalue weighted by Crippen LogP contribution is 2.13. The molecule has 1 aliphatic rings. The Morgan fingerprint density at radius 1 is 1.33 bits per heavy atom. The average molecular weight is 306 g/mol. The van der Waals surface area contributed by atoms with Crippen LogP contribution in [0.5, 0.6) is 0 Å². The van der Waals surface area contributed by atoms with E-state index < -0.39 is 0 Å². The molecule has 1 amide bonds. The van der Waals surface area contributed by atoms with Gasteiger partial charge in [0.05, 0.1) is 13.0 Å². The van der Waals surface area contributed by atoms with Gasteiger partial charge in [0.1, 0.15) is 0 Å². The zero-order chi connectivity index (χ0) is 14.7. The van der Waals surface area contributed by atoms with E-state index in [-0.39, 0.29) is 5.91 Å². The zero-order valence-electron chi connectivity index (χ0n) is 12.0. The van der Waals surface area contributed by atoms with Gasteiger partial charge in [-0.15, -0.1) is 21.5 Å². The van der Waals surface area contributed by atoms with Gasteiger partial charge in [-0.1, -0.05) is 6.07 Å². The Labute approximate surface area is 127 Å². The van der Waals surface area contributed by atoms with Crippen molar-refractivity contribution < 1.29 is 9.21 Å². The predicted octanol–water partition coefficient (Wildman–Crippen LogP) is 1.33. The molecule has 2 aromatic rings. The molecule has 6 nitrogen and oxygen atoms in total. The van der Waals surface area contributed by atoms with Crippen LogP contribution in [0.1, 0.15) is 16.7 Å². The first kappa shape index (κ1) is 14.2. The van der Waals surface area contributed by atoms with Gasteiger partial charge in [-0.3, -0.25) is 9.69 Å². The first-order valence-corrected chi connectivity index (χ1v) is 7.90. The fourth-order valence-corrected chi connectivity index (χ4v) is 3.12. The van der Waals surface area contributed by atoms with Crippen LogP contribution in [0.15, 0.2) is 21.9 Å². The third-order valence-corrected chi connectivity index (χ3v) is 4.43. The molecule has 0 bridgehead atoms. The van der Waals surface area contributed by atoms with Crippen molar-refractivity contribution in [1.29, 1.82) is 0 Å². The molecule has 0 spiro atoms. The highest BCUT2D eigenvalue weighted by atomic mass is 32.1. The molecule has 0 aliphatic carbocycles. The Bertz CT molecular complexity index is 588. The number of carbonyl (C=O) groups is 1. The number of aromatic nitrogens is 2. The maximum Gasteiger partial charge on any atom is 0.230 e. The summed E-state index contributed by atoms with van der Waals surface area (Å²) < 4.78 is 5.39. The zero-order valence-corrected chi connectivity index (χ0v) is 12.8. The number of aryl methyl sites for hydroxylation is 1. The molecule has 3 rings (SSSR count). The summed E-state index contributed by atoms with van der Waals surface area (Å²) in [5.41, 5.74) is 0. The lowest BCUT2D eigenvalue weighted by atomic mass is 10.2. The SMILES string of the molecule is Cc1nnc(CN2CCN(C(=O)Cc3cccs3)CC2)o1. The van der Waals surface area contributed by atoms with E-state index >= 15 is 0 Å². The Kier molecular flexibility index (Phi) is 4.31. The Hall–Kier alpha value is -1.73. The van der Waals surface area contributed by atoms with E-state index in [0.29, 0.717) is 24.7 Å². The van der Waals surface area contributed by atoms with Crippen LogP contribution < -0.4 is 0 Å². The number of hydrogen-bond donors (Lipinski definition) is 0. The number of thiophene rings is 1. The highest BCUT2D eigenvalue weighted by molar-refractivity contribution is 7.10. The van der Waals surface area contributed by atoms with Gasteiger partial charge in [-0.25, -0.2) is 0 Å². The second-order valence-electron chi connectivity index (χ2n) is 5.13. The van der Waals surface area contributed by atoms with Crippen LogP contribution in [-0.4, -0.2) is 52.1 Å². The molecule has 0 radical (unpaired) electrons. The molecule has 2 aromatic heterocycles. The Morgan fingerprint density at radius 2 is 2.14 bits per heavy atom. The van der Waals surface area contributed by atoms with Crippen LogP contribution >= 0.6 is 11.3 Å². The summed E-state index contributed by atoms with van der Waals surface area (Å²) in [6.45, 7) is 5.66. The molecule has 0 aromatic carbocycles. The summed E-state index contributed by atoms with van der Waals surface area (Å²) in [5.74, 6) is 1.45. The smallest absolute Gasteiger partial charge is 0.230 e. The molecule has 0 saturated carbocycles. The summed E-state index contributed by atoms with van der Waals surface area (Å²) in [5, 5.41) is 9.84. The molecule has 112 valence electrons. The van der Waals surface area contributed by atoms with E-state index in [1.807, 2.05) is 22.4 Å². The quantitative estimate of drug-likeness (QED) is 0.852. The lowest BCUT2D eigenvalue weighted by molar-refractivity contribution is -0.132. The van der Waals surface area contributed by atoms with Gasteiger partial charge in [0.25, 0.3) is 0 Å². The van der Waals surface area contributed by atoms with Crippen molar-refractivity contribution in [3.8, 4) is 0 Å². The maximum absolute atomic E-state index is 12.2. The normalized spacial score (nSPS) is 16.3. The van der Waals surface area contributed by atoms with E-state index in [9.17, 15) is 4.79 Å². The molecule has 1 aliphatic heterocycles. The van der Waals surface area contributed by atoms with Crippen LogP contribution in [0.2, 0.25) is 0 Å². The minimum atomic E-state index is 0.214. The third-order valence-electron chi connectivity index (χ3n) is 3.56. The van der Waals surface area contributed by atoms with Crippen molar-refractivity contribution in [2.45, 2.75) is 19.9 Å². The molecule has 21 heavy (non-hydrogen) atoms. The monoisotopic (exact) mass is 306 g/mol. The molecular weight excluding hydrogens is 288 g/mol. The van der Waals surface area contributed by atoms with Gasteiger partial charge in [-0.05, 0) is 11.4 Å². The first-order chi connectivity index (χ1) is 10.2. The van der Waals surface area contributed by atoms with Crippen molar-refractivity contribution in [3.05, 3.63) is 34.2 Å². The van der Waals surface area contributed by atoms with Crippen molar-refractivity contribution in [2.75, 3.05) is 26.2 Å². The van der Waals surface area contributed by atoms with Crippen molar-refractivity contribution in [1.82, 2.24) is 20.0 Å². The highest BCUT2D eigenvalue weighted by Gasteiger charge is 2.22. The predicted molar refractivity (Wildman–Crippen MR) is 78.9 cm³/mol. The largest absolute Gasteiger partial charge is 0.424 e. The summed E-state index contributed by atoms with van der Waals surface area (Å²) in [6, 6.07) is 3.99. The number of carbonyl (C=O) groups excluding carboxylic acids is 1. The van der Waals surface area contributed by atoms with Crippen LogP contribution in [0.25, 0.3) is 0 Å². The van der Waals surface area contributed by atoms with Crippen LogP contribution in [0, 0.1) is 6.92 Å². The fraction of sp³-hybridized carbons (Fsp3) is 0.500. The third kappa shape index (κ3) is 3.68. The molecule has 1 fully saturated rings.